The van der Waals surface area contributed by atoms with Crippen molar-refractivity contribution in [2.24, 2.45) is 0 Å². The third-order valence-electron chi connectivity index (χ3n) is 2.47. The van der Waals surface area contributed by atoms with Crippen molar-refractivity contribution in [3.63, 3.8) is 0 Å². The molecule has 0 saturated heterocycles. The van der Waals surface area contributed by atoms with Crippen LogP contribution in [-0.2, 0) is 6.18 Å². The van der Waals surface area contributed by atoms with Crippen molar-refractivity contribution in [2.75, 3.05) is 0 Å². The van der Waals surface area contributed by atoms with Crippen LogP contribution in [0.5, 0.6) is 0 Å². The molecule has 1 aromatic heterocycles. The van der Waals surface area contributed by atoms with Crippen LogP contribution in [0, 0.1) is 0 Å². The molecule has 0 atom stereocenters. The van der Waals surface area contributed by atoms with E-state index in [2.05, 4.69) is 4.98 Å². The second-order valence-corrected chi connectivity index (χ2v) is 3.63. The Hall–Kier alpha value is -2.17. The van der Waals surface area contributed by atoms with Gasteiger partial charge in [0.2, 0.25) is 0 Å². The second kappa shape index (κ2) is 4.60. The Balaban J connectivity index is 2.74. The van der Waals surface area contributed by atoms with Crippen molar-refractivity contribution >= 4 is 6.29 Å². The first-order chi connectivity index (χ1) is 8.54. The van der Waals surface area contributed by atoms with E-state index in [9.17, 15) is 18.0 Å². The highest BCUT2D eigenvalue weighted by Crippen LogP contribution is 2.37. The van der Waals surface area contributed by atoms with Gasteiger partial charge in [-0.15, -0.1) is 0 Å². The summed E-state index contributed by atoms with van der Waals surface area (Å²) in [5.74, 6) is 0. The fourth-order valence-electron chi connectivity index (χ4n) is 1.71. The van der Waals surface area contributed by atoms with Crippen LogP contribution in [0.25, 0.3) is 11.1 Å². The highest BCUT2D eigenvalue weighted by Gasteiger charge is 2.35. The zero-order valence-electron chi connectivity index (χ0n) is 9.11. The van der Waals surface area contributed by atoms with E-state index in [1.54, 1.807) is 18.2 Å². The molecular formula is C13H8F3NO. The zero-order chi connectivity index (χ0) is 13.2. The van der Waals surface area contributed by atoms with Crippen molar-refractivity contribution in [2.45, 2.75) is 6.18 Å². The lowest BCUT2D eigenvalue weighted by atomic mass is 9.97. The molecule has 0 spiro atoms. The first-order valence-corrected chi connectivity index (χ1v) is 5.10. The van der Waals surface area contributed by atoms with Gasteiger partial charge in [0.05, 0.1) is 5.56 Å². The smallest absolute Gasteiger partial charge is 0.298 e. The summed E-state index contributed by atoms with van der Waals surface area (Å²) in [5, 5.41) is 0. The van der Waals surface area contributed by atoms with Crippen molar-refractivity contribution in [3.8, 4) is 11.1 Å². The summed E-state index contributed by atoms with van der Waals surface area (Å²) < 4.78 is 38.7. The van der Waals surface area contributed by atoms with Gasteiger partial charge in [0.15, 0.2) is 6.29 Å². The summed E-state index contributed by atoms with van der Waals surface area (Å²) in [7, 11) is 0. The minimum atomic E-state index is -4.54. The molecule has 0 aliphatic heterocycles. The van der Waals surface area contributed by atoms with E-state index in [0.29, 0.717) is 11.8 Å². The summed E-state index contributed by atoms with van der Waals surface area (Å²) in [6.07, 6.45) is -2.30. The Morgan fingerprint density at radius 3 is 2.28 bits per heavy atom. The van der Waals surface area contributed by atoms with Crippen LogP contribution in [0.3, 0.4) is 0 Å². The number of aldehydes is 1. The van der Waals surface area contributed by atoms with Gasteiger partial charge in [-0.25, -0.2) is 0 Å². The lowest BCUT2D eigenvalue weighted by Crippen LogP contribution is -2.09. The number of carbonyl (C=O) groups is 1. The fourth-order valence-corrected chi connectivity index (χ4v) is 1.71. The summed E-state index contributed by atoms with van der Waals surface area (Å²) in [6.45, 7) is 0. The largest absolute Gasteiger partial charge is 0.418 e. The van der Waals surface area contributed by atoms with Gasteiger partial charge in [-0.3, -0.25) is 9.78 Å². The van der Waals surface area contributed by atoms with E-state index in [1.165, 1.54) is 12.1 Å². The maximum absolute atomic E-state index is 12.9. The van der Waals surface area contributed by atoms with Crippen molar-refractivity contribution in [1.29, 1.82) is 0 Å². The van der Waals surface area contributed by atoms with Gasteiger partial charge in [0, 0.05) is 23.5 Å². The molecule has 0 N–H and O–H groups in total. The molecule has 0 amide bonds. The van der Waals surface area contributed by atoms with E-state index in [4.69, 9.17) is 0 Å². The minimum absolute atomic E-state index is 0.0731. The Morgan fingerprint density at radius 1 is 1.06 bits per heavy atom. The van der Waals surface area contributed by atoms with Gasteiger partial charge < -0.3 is 0 Å². The number of rotatable bonds is 2. The van der Waals surface area contributed by atoms with Gasteiger partial charge >= 0.3 is 6.18 Å². The first-order valence-electron chi connectivity index (χ1n) is 5.10. The molecule has 0 unspecified atom stereocenters. The molecule has 0 saturated carbocycles. The van der Waals surface area contributed by atoms with Crippen molar-refractivity contribution in [1.82, 2.24) is 4.98 Å². The van der Waals surface area contributed by atoms with Crippen LogP contribution in [0.15, 0.2) is 42.7 Å². The molecule has 0 aliphatic rings. The number of carbonyl (C=O) groups excluding carboxylic acids is 1. The number of aromatic nitrogens is 1. The van der Waals surface area contributed by atoms with Crippen LogP contribution in [0.2, 0.25) is 0 Å². The molecule has 0 radical (unpaired) electrons. The number of halogens is 3. The number of alkyl halides is 3. The SMILES string of the molecule is O=Cc1cncc(C(F)(F)F)c1-c1ccccc1. The van der Waals surface area contributed by atoms with E-state index in [0.717, 1.165) is 12.4 Å². The molecule has 2 aromatic rings. The summed E-state index contributed by atoms with van der Waals surface area (Å²) in [4.78, 5) is 14.3. The first kappa shape index (κ1) is 12.3. The van der Waals surface area contributed by atoms with E-state index in [1.807, 2.05) is 0 Å². The lowest BCUT2D eigenvalue weighted by molar-refractivity contribution is -0.137. The number of hydrogen-bond acceptors (Lipinski definition) is 2. The van der Waals surface area contributed by atoms with E-state index < -0.39 is 11.7 Å². The van der Waals surface area contributed by atoms with Crippen molar-refractivity contribution < 1.29 is 18.0 Å². The summed E-state index contributed by atoms with van der Waals surface area (Å²) in [5.41, 5.74) is -0.767. The second-order valence-electron chi connectivity index (χ2n) is 3.63. The highest BCUT2D eigenvalue weighted by molar-refractivity contribution is 5.88. The van der Waals surface area contributed by atoms with Gasteiger partial charge in [-0.1, -0.05) is 30.3 Å². The lowest BCUT2D eigenvalue weighted by Gasteiger charge is -2.14. The van der Waals surface area contributed by atoms with Gasteiger partial charge in [-0.2, -0.15) is 13.2 Å². The van der Waals surface area contributed by atoms with Crippen LogP contribution in [-0.4, -0.2) is 11.3 Å². The molecule has 5 heteroatoms. The van der Waals surface area contributed by atoms with Crippen LogP contribution in [0.4, 0.5) is 13.2 Å². The van der Waals surface area contributed by atoms with Crippen molar-refractivity contribution in [3.05, 3.63) is 53.9 Å². The number of pyridine rings is 1. The Morgan fingerprint density at radius 2 is 1.72 bits per heavy atom. The molecule has 0 aliphatic carbocycles. The monoisotopic (exact) mass is 251 g/mol. The third-order valence-corrected chi connectivity index (χ3v) is 2.47. The zero-order valence-corrected chi connectivity index (χ0v) is 9.11. The Labute approximate surface area is 101 Å². The normalized spacial score (nSPS) is 11.3. The van der Waals surface area contributed by atoms with Gasteiger partial charge in [0.25, 0.3) is 0 Å². The molecule has 1 aromatic carbocycles. The standard InChI is InChI=1S/C13H8F3NO/c14-13(15,16)11-7-17-6-10(8-18)12(11)9-4-2-1-3-5-9/h1-8H. The van der Waals surface area contributed by atoms with E-state index >= 15 is 0 Å². The molecule has 0 fully saturated rings. The van der Waals surface area contributed by atoms with Gasteiger partial charge in [-0.05, 0) is 5.56 Å². The summed E-state index contributed by atoms with van der Waals surface area (Å²) >= 11 is 0. The highest BCUT2D eigenvalue weighted by atomic mass is 19.4. The van der Waals surface area contributed by atoms with E-state index in [-0.39, 0.29) is 11.1 Å². The quantitative estimate of drug-likeness (QED) is 0.763. The average Bonchev–Trinajstić information content (AvgIpc) is 2.38. The van der Waals surface area contributed by atoms with Crippen LogP contribution >= 0.6 is 0 Å². The molecule has 18 heavy (non-hydrogen) atoms. The maximum Gasteiger partial charge on any atom is 0.418 e. The molecule has 2 nitrogen and oxygen atoms in total. The Kier molecular flexibility index (Phi) is 3.14. The van der Waals surface area contributed by atoms with Gasteiger partial charge in [0.1, 0.15) is 0 Å². The number of hydrogen-bond donors (Lipinski definition) is 0. The minimum Gasteiger partial charge on any atom is -0.298 e. The fraction of sp³-hybridized carbons (Fsp3) is 0.0769. The third kappa shape index (κ3) is 2.25. The average molecular weight is 251 g/mol. The Bertz CT molecular complexity index is 564. The van der Waals surface area contributed by atoms with Crippen LogP contribution < -0.4 is 0 Å². The predicted octanol–water partition coefficient (Wildman–Crippen LogP) is 3.58. The molecule has 1 heterocycles. The number of benzene rings is 1. The summed E-state index contributed by atoms with van der Waals surface area (Å²) in [6, 6.07) is 7.97. The molecule has 2 rings (SSSR count). The topological polar surface area (TPSA) is 30.0 Å². The molecule has 0 bridgehead atoms. The number of nitrogens with zero attached hydrogens (tertiary/aromatic N) is 1. The molecule has 92 valence electrons. The van der Waals surface area contributed by atoms with Crippen LogP contribution in [0.1, 0.15) is 15.9 Å². The molecular weight excluding hydrogens is 243 g/mol. The predicted molar refractivity (Wildman–Crippen MR) is 60.1 cm³/mol. The maximum atomic E-state index is 12.9.